The normalized spacial score (nSPS) is 16.6. The average Bonchev–Trinajstić information content (AvgIpc) is 2.66. The SMILES string of the molecule is Cn1c(=O)oc2ccc(N3CCNCC3)cc21. The number of benzene rings is 1. The summed E-state index contributed by atoms with van der Waals surface area (Å²) in [6, 6.07) is 5.90. The lowest BCUT2D eigenvalue weighted by atomic mass is 10.2. The van der Waals surface area contributed by atoms with Gasteiger partial charge in [-0.25, -0.2) is 4.79 Å². The molecule has 90 valence electrons. The minimum Gasteiger partial charge on any atom is -0.408 e. The molecule has 0 amide bonds. The molecule has 0 atom stereocenters. The maximum Gasteiger partial charge on any atom is 0.419 e. The standard InChI is InChI=1S/C12H15N3O2/c1-14-10-8-9(15-6-4-13-5-7-15)2-3-11(10)17-12(14)16/h2-3,8,13H,4-7H2,1H3. The Labute approximate surface area is 98.6 Å². The minimum absolute atomic E-state index is 0.308. The number of hydrogen-bond acceptors (Lipinski definition) is 4. The second-order valence-electron chi connectivity index (χ2n) is 4.32. The number of aryl methyl sites for hydroxylation is 1. The largest absolute Gasteiger partial charge is 0.419 e. The quantitative estimate of drug-likeness (QED) is 0.781. The molecule has 3 rings (SSSR count). The van der Waals surface area contributed by atoms with E-state index in [1.807, 2.05) is 18.2 Å². The average molecular weight is 233 g/mol. The first kappa shape index (κ1) is 10.4. The van der Waals surface area contributed by atoms with E-state index in [-0.39, 0.29) is 5.76 Å². The van der Waals surface area contributed by atoms with Gasteiger partial charge in [0.25, 0.3) is 0 Å². The lowest BCUT2D eigenvalue weighted by molar-refractivity contribution is 0.528. The van der Waals surface area contributed by atoms with Gasteiger partial charge in [0, 0.05) is 38.9 Å². The van der Waals surface area contributed by atoms with Crippen LogP contribution < -0.4 is 16.0 Å². The maximum atomic E-state index is 11.4. The van der Waals surface area contributed by atoms with Crippen molar-refractivity contribution in [3.63, 3.8) is 0 Å². The molecule has 0 bridgehead atoms. The van der Waals surface area contributed by atoms with Gasteiger partial charge in [0.1, 0.15) is 0 Å². The molecule has 1 aromatic carbocycles. The molecule has 1 aromatic heterocycles. The van der Waals surface area contributed by atoms with E-state index in [4.69, 9.17) is 4.42 Å². The van der Waals surface area contributed by atoms with Crippen LogP contribution in [0.1, 0.15) is 0 Å². The van der Waals surface area contributed by atoms with Crippen LogP contribution in [-0.4, -0.2) is 30.7 Å². The maximum absolute atomic E-state index is 11.4. The molecular formula is C12H15N3O2. The fourth-order valence-electron chi connectivity index (χ4n) is 2.23. The van der Waals surface area contributed by atoms with E-state index in [0.717, 1.165) is 37.4 Å². The van der Waals surface area contributed by atoms with Gasteiger partial charge in [0.2, 0.25) is 0 Å². The van der Waals surface area contributed by atoms with E-state index >= 15 is 0 Å². The highest BCUT2D eigenvalue weighted by atomic mass is 16.4. The molecule has 5 heteroatoms. The summed E-state index contributed by atoms with van der Waals surface area (Å²) in [5, 5.41) is 3.32. The van der Waals surface area contributed by atoms with Gasteiger partial charge in [-0.15, -0.1) is 0 Å². The van der Waals surface area contributed by atoms with Crippen LogP contribution in [0.15, 0.2) is 27.4 Å². The van der Waals surface area contributed by atoms with Crippen molar-refractivity contribution in [1.82, 2.24) is 9.88 Å². The number of nitrogens with one attached hydrogen (secondary N) is 1. The third-order valence-electron chi connectivity index (χ3n) is 3.26. The third kappa shape index (κ3) is 1.72. The van der Waals surface area contributed by atoms with E-state index in [1.54, 1.807) is 11.6 Å². The molecule has 1 N–H and O–H groups in total. The smallest absolute Gasteiger partial charge is 0.408 e. The van der Waals surface area contributed by atoms with E-state index in [0.29, 0.717) is 5.58 Å². The van der Waals surface area contributed by atoms with Crippen molar-refractivity contribution in [3.8, 4) is 0 Å². The second-order valence-corrected chi connectivity index (χ2v) is 4.32. The second kappa shape index (κ2) is 3.92. The number of oxazole rings is 1. The van der Waals surface area contributed by atoms with E-state index in [9.17, 15) is 4.79 Å². The summed E-state index contributed by atoms with van der Waals surface area (Å²) in [4.78, 5) is 13.7. The number of nitrogens with zero attached hydrogens (tertiary/aromatic N) is 2. The van der Waals surface area contributed by atoms with E-state index in [2.05, 4.69) is 10.2 Å². The number of rotatable bonds is 1. The molecule has 0 radical (unpaired) electrons. The Morgan fingerprint density at radius 2 is 2.06 bits per heavy atom. The van der Waals surface area contributed by atoms with Crippen LogP contribution in [0, 0.1) is 0 Å². The van der Waals surface area contributed by atoms with Crippen molar-refractivity contribution in [3.05, 3.63) is 28.7 Å². The number of hydrogen-bond donors (Lipinski definition) is 1. The third-order valence-corrected chi connectivity index (χ3v) is 3.26. The van der Waals surface area contributed by atoms with E-state index < -0.39 is 0 Å². The zero-order chi connectivity index (χ0) is 11.8. The highest BCUT2D eigenvalue weighted by molar-refractivity contribution is 5.78. The van der Waals surface area contributed by atoms with Gasteiger partial charge in [-0.3, -0.25) is 4.57 Å². The van der Waals surface area contributed by atoms with Crippen molar-refractivity contribution >= 4 is 16.8 Å². The Hall–Kier alpha value is -1.75. The molecule has 0 unspecified atom stereocenters. The molecule has 1 aliphatic heterocycles. The van der Waals surface area contributed by atoms with Crippen molar-refractivity contribution in [2.24, 2.45) is 7.05 Å². The van der Waals surface area contributed by atoms with Gasteiger partial charge < -0.3 is 14.6 Å². The first-order chi connectivity index (χ1) is 8.25. The zero-order valence-electron chi connectivity index (χ0n) is 9.77. The lowest BCUT2D eigenvalue weighted by Gasteiger charge is -2.29. The number of anilines is 1. The Balaban J connectivity index is 2.05. The Bertz CT molecular complexity index is 593. The van der Waals surface area contributed by atoms with Gasteiger partial charge in [-0.05, 0) is 18.2 Å². The fourth-order valence-corrected chi connectivity index (χ4v) is 2.23. The summed E-state index contributed by atoms with van der Waals surface area (Å²) in [6.45, 7) is 4.00. The summed E-state index contributed by atoms with van der Waals surface area (Å²) >= 11 is 0. The Kier molecular flexibility index (Phi) is 2.40. The van der Waals surface area contributed by atoms with Gasteiger partial charge in [0.15, 0.2) is 5.58 Å². The first-order valence-corrected chi connectivity index (χ1v) is 5.81. The molecule has 0 aliphatic carbocycles. The summed E-state index contributed by atoms with van der Waals surface area (Å²) in [5.74, 6) is -0.308. The molecule has 0 spiro atoms. The Morgan fingerprint density at radius 1 is 1.29 bits per heavy atom. The van der Waals surface area contributed by atoms with Crippen molar-refractivity contribution in [2.45, 2.75) is 0 Å². The summed E-state index contributed by atoms with van der Waals surface area (Å²) < 4.78 is 6.66. The van der Waals surface area contributed by atoms with Crippen LogP contribution >= 0.6 is 0 Å². The molecule has 17 heavy (non-hydrogen) atoms. The molecule has 2 aromatic rings. The number of aromatic nitrogens is 1. The van der Waals surface area contributed by atoms with Crippen molar-refractivity contribution in [2.75, 3.05) is 31.1 Å². The van der Waals surface area contributed by atoms with Crippen molar-refractivity contribution < 1.29 is 4.42 Å². The monoisotopic (exact) mass is 233 g/mol. The van der Waals surface area contributed by atoms with Gasteiger partial charge >= 0.3 is 5.76 Å². The van der Waals surface area contributed by atoms with Gasteiger partial charge in [0.05, 0.1) is 5.52 Å². The lowest BCUT2D eigenvalue weighted by Crippen LogP contribution is -2.43. The van der Waals surface area contributed by atoms with Crippen LogP contribution in [0.2, 0.25) is 0 Å². The first-order valence-electron chi connectivity index (χ1n) is 5.81. The molecule has 1 fully saturated rings. The highest BCUT2D eigenvalue weighted by Crippen LogP contribution is 2.21. The topological polar surface area (TPSA) is 50.4 Å². The summed E-state index contributed by atoms with van der Waals surface area (Å²) in [5.41, 5.74) is 2.65. The van der Waals surface area contributed by atoms with Crippen molar-refractivity contribution in [1.29, 1.82) is 0 Å². The van der Waals surface area contributed by atoms with Gasteiger partial charge in [-0.1, -0.05) is 0 Å². The van der Waals surface area contributed by atoms with Crippen LogP contribution in [0.3, 0.4) is 0 Å². The highest BCUT2D eigenvalue weighted by Gasteiger charge is 2.13. The van der Waals surface area contributed by atoms with Crippen LogP contribution in [0.25, 0.3) is 11.1 Å². The molecule has 1 saturated heterocycles. The zero-order valence-corrected chi connectivity index (χ0v) is 9.77. The molecule has 1 aliphatic rings. The fraction of sp³-hybridized carbons (Fsp3) is 0.417. The molecule has 2 heterocycles. The molecule has 0 saturated carbocycles. The van der Waals surface area contributed by atoms with Crippen LogP contribution in [-0.2, 0) is 7.05 Å². The van der Waals surface area contributed by atoms with E-state index in [1.165, 1.54) is 0 Å². The predicted molar refractivity (Wildman–Crippen MR) is 66.5 cm³/mol. The molecular weight excluding hydrogens is 218 g/mol. The van der Waals surface area contributed by atoms with Crippen LogP contribution in [0.4, 0.5) is 5.69 Å². The number of fused-ring (bicyclic) bond motifs is 1. The van der Waals surface area contributed by atoms with Gasteiger partial charge in [-0.2, -0.15) is 0 Å². The summed E-state index contributed by atoms with van der Waals surface area (Å²) in [6.07, 6.45) is 0. The predicted octanol–water partition coefficient (Wildman–Crippen LogP) is 0.541. The number of piperazine rings is 1. The summed E-state index contributed by atoms with van der Waals surface area (Å²) in [7, 11) is 1.73. The molecule has 5 nitrogen and oxygen atoms in total. The Morgan fingerprint density at radius 3 is 2.82 bits per heavy atom. The van der Waals surface area contributed by atoms with Crippen LogP contribution in [0.5, 0.6) is 0 Å². The minimum atomic E-state index is -0.308.